The molecule has 0 aliphatic carbocycles. The first-order valence-corrected chi connectivity index (χ1v) is 16.4. The third-order valence-electron chi connectivity index (χ3n) is 7.04. The molecular weight excluding hydrogens is 546 g/mol. The van der Waals surface area contributed by atoms with E-state index in [-0.39, 0.29) is 37.2 Å². The Bertz CT molecular complexity index is 1430. The minimum Gasteiger partial charge on any atom is -0.354 e. The standard InChI is InChI=1S/C34H45N3O4S/c1-25(2)23-35-34(39)32(22-29-13-8-7-9-14-29)36(24-30-15-10-12-26(3)19-30)33(38)16-11-17-37(42(6,40)41)31-20-27(4)18-28(5)21-31/h7-10,12-15,18-21,25,32H,11,16-17,22-24H2,1-6H3,(H,35,39)/t32-/m0/s1. The largest absolute Gasteiger partial charge is 0.354 e. The summed E-state index contributed by atoms with van der Waals surface area (Å²) in [6.07, 6.45) is 1.98. The van der Waals surface area contributed by atoms with Gasteiger partial charge in [0, 0.05) is 32.5 Å². The Morgan fingerprint density at radius 2 is 1.48 bits per heavy atom. The molecule has 0 saturated carbocycles. The third kappa shape index (κ3) is 10.0. The van der Waals surface area contributed by atoms with E-state index in [0.29, 0.717) is 25.1 Å². The topological polar surface area (TPSA) is 86.8 Å². The van der Waals surface area contributed by atoms with Gasteiger partial charge in [-0.2, -0.15) is 0 Å². The highest BCUT2D eigenvalue weighted by molar-refractivity contribution is 7.92. The normalized spacial score (nSPS) is 12.2. The second-order valence-electron chi connectivity index (χ2n) is 11.6. The van der Waals surface area contributed by atoms with E-state index in [1.165, 1.54) is 10.6 Å². The Morgan fingerprint density at radius 3 is 2.07 bits per heavy atom. The predicted octanol–water partition coefficient (Wildman–Crippen LogP) is 5.57. The van der Waals surface area contributed by atoms with Gasteiger partial charge in [0.2, 0.25) is 21.8 Å². The third-order valence-corrected chi connectivity index (χ3v) is 8.23. The number of aryl methyl sites for hydroxylation is 3. The van der Waals surface area contributed by atoms with E-state index in [0.717, 1.165) is 27.8 Å². The summed E-state index contributed by atoms with van der Waals surface area (Å²) >= 11 is 0. The molecule has 0 saturated heterocycles. The van der Waals surface area contributed by atoms with Crippen LogP contribution in [0.25, 0.3) is 0 Å². The van der Waals surface area contributed by atoms with E-state index in [1.54, 1.807) is 4.90 Å². The van der Waals surface area contributed by atoms with Gasteiger partial charge < -0.3 is 10.2 Å². The van der Waals surface area contributed by atoms with Gasteiger partial charge in [-0.15, -0.1) is 0 Å². The highest BCUT2D eigenvalue weighted by Crippen LogP contribution is 2.23. The van der Waals surface area contributed by atoms with Crippen LogP contribution in [0, 0.1) is 26.7 Å². The van der Waals surface area contributed by atoms with E-state index in [1.807, 2.05) is 107 Å². The second kappa shape index (κ2) is 15.0. The van der Waals surface area contributed by atoms with Crippen LogP contribution in [0.15, 0.2) is 72.8 Å². The van der Waals surface area contributed by atoms with Crippen LogP contribution >= 0.6 is 0 Å². The van der Waals surface area contributed by atoms with Gasteiger partial charge in [0.1, 0.15) is 6.04 Å². The highest BCUT2D eigenvalue weighted by Gasteiger charge is 2.30. The van der Waals surface area contributed by atoms with Crippen molar-refractivity contribution in [1.29, 1.82) is 0 Å². The quantitative estimate of drug-likeness (QED) is 0.266. The van der Waals surface area contributed by atoms with Crippen LogP contribution in [0.2, 0.25) is 0 Å². The van der Waals surface area contributed by atoms with Crippen LogP contribution in [0.3, 0.4) is 0 Å². The van der Waals surface area contributed by atoms with Crippen LogP contribution in [0.1, 0.15) is 54.5 Å². The summed E-state index contributed by atoms with van der Waals surface area (Å²) in [4.78, 5) is 29.3. The molecule has 226 valence electrons. The highest BCUT2D eigenvalue weighted by atomic mass is 32.2. The van der Waals surface area contributed by atoms with Crippen molar-refractivity contribution in [1.82, 2.24) is 10.2 Å². The fraction of sp³-hybridized carbons (Fsp3) is 0.412. The number of nitrogens with zero attached hydrogens (tertiary/aromatic N) is 2. The molecule has 0 fully saturated rings. The van der Waals surface area contributed by atoms with Crippen molar-refractivity contribution in [2.24, 2.45) is 5.92 Å². The summed E-state index contributed by atoms with van der Waals surface area (Å²) in [5.74, 6) is -0.118. The number of nitrogens with one attached hydrogen (secondary N) is 1. The Balaban J connectivity index is 1.89. The number of benzene rings is 3. The van der Waals surface area contributed by atoms with Gasteiger partial charge in [-0.1, -0.05) is 80.1 Å². The molecule has 3 aromatic carbocycles. The predicted molar refractivity (Wildman–Crippen MR) is 171 cm³/mol. The number of anilines is 1. The van der Waals surface area contributed by atoms with Crippen molar-refractivity contribution in [2.45, 2.75) is 66.5 Å². The minimum atomic E-state index is -3.56. The maximum absolute atomic E-state index is 14.0. The molecule has 0 aromatic heterocycles. The SMILES string of the molecule is Cc1cccc(CN(C(=O)CCCN(c2cc(C)cc(C)c2)S(C)(=O)=O)[C@@H](Cc2ccccc2)C(=O)NCC(C)C)c1. The van der Waals surface area contributed by atoms with Crippen molar-refractivity contribution in [3.63, 3.8) is 0 Å². The second-order valence-corrected chi connectivity index (χ2v) is 13.5. The van der Waals surface area contributed by atoms with Crippen LogP contribution < -0.4 is 9.62 Å². The Hall–Kier alpha value is -3.65. The molecule has 7 nitrogen and oxygen atoms in total. The van der Waals surface area contributed by atoms with Gasteiger partial charge in [-0.05, 0) is 67.5 Å². The molecule has 3 rings (SSSR count). The zero-order chi connectivity index (χ0) is 30.9. The number of rotatable bonds is 14. The number of amides is 2. The summed E-state index contributed by atoms with van der Waals surface area (Å²) in [5.41, 5.74) is 5.49. The summed E-state index contributed by atoms with van der Waals surface area (Å²) in [5, 5.41) is 3.04. The maximum Gasteiger partial charge on any atom is 0.243 e. The lowest BCUT2D eigenvalue weighted by Crippen LogP contribution is -2.51. The first kappa shape index (κ1) is 32.9. The van der Waals surface area contributed by atoms with Gasteiger partial charge >= 0.3 is 0 Å². The van der Waals surface area contributed by atoms with Crippen LogP contribution in [0.4, 0.5) is 5.69 Å². The van der Waals surface area contributed by atoms with E-state index < -0.39 is 16.1 Å². The first-order valence-electron chi connectivity index (χ1n) is 14.6. The lowest BCUT2D eigenvalue weighted by atomic mass is 10.0. The molecule has 3 aromatic rings. The molecule has 0 spiro atoms. The molecule has 0 aliphatic heterocycles. The molecule has 0 heterocycles. The van der Waals surface area contributed by atoms with E-state index in [9.17, 15) is 18.0 Å². The average molecular weight is 592 g/mol. The van der Waals surface area contributed by atoms with E-state index in [2.05, 4.69) is 5.32 Å². The van der Waals surface area contributed by atoms with Crippen molar-refractivity contribution in [2.75, 3.05) is 23.7 Å². The monoisotopic (exact) mass is 591 g/mol. The molecular formula is C34H45N3O4S. The summed E-state index contributed by atoms with van der Waals surface area (Å²) < 4.78 is 26.8. The Kier molecular flexibility index (Phi) is 11.7. The molecule has 1 atom stereocenters. The lowest BCUT2D eigenvalue weighted by molar-refractivity contribution is -0.141. The molecule has 8 heteroatoms. The lowest BCUT2D eigenvalue weighted by Gasteiger charge is -2.32. The smallest absolute Gasteiger partial charge is 0.243 e. The van der Waals surface area contributed by atoms with Crippen molar-refractivity contribution < 1.29 is 18.0 Å². The van der Waals surface area contributed by atoms with Crippen LogP contribution in [-0.4, -0.2) is 50.5 Å². The molecule has 2 amide bonds. The van der Waals surface area contributed by atoms with Gasteiger partial charge in [-0.25, -0.2) is 8.42 Å². The van der Waals surface area contributed by atoms with Crippen LogP contribution in [0.5, 0.6) is 0 Å². The van der Waals surface area contributed by atoms with Gasteiger partial charge in [0.05, 0.1) is 11.9 Å². The van der Waals surface area contributed by atoms with Gasteiger partial charge in [0.25, 0.3) is 0 Å². The number of hydrogen-bond donors (Lipinski definition) is 1. The molecule has 0 radical (unpaired) electrons. The Labute approximate surface area is 252 Å². The number of hydrogen-bond acceptors (Lipinski definition) is 4. The van der Waals surface area contributed by atoms with Crippen molar-refractivity contribution in [3.05, 3.63) is 101 Å². The van der Waals surface area contributed by atoms with E-state index in [4.69, 9.17) is 0 Å². The van der Waals surface area contributed by atoms with Gasteiger partial charge in [0.15, 0.2) is 0 Å². The molecule has 0 aliphatic rings. The molecule has 0 unspecified atom stereocenters. The maximum atomic E-state index is 14.0. The minimum absolute atomic E-state index is 0.103. The zero-order valence-electron chi connectivity index (χ0n) is 25.8. The number of sulfonamides is 1. The van der Waals surface area contributed by atoms with Crippen molar-refractivity contribution in [3.8, 4) is 0 Å². The van der Waals surface area contributed by atoms with E-state index >= 15 is 0 Å². The number of carbonyl (C=O) groups is 2. The fourth-order valence-corrected chi connectivity index (χ4v) is 6.03. The molecule has 0 bridgehead atoms. The first-order chi connectivity index (χ1) is 19.8. The fourth-order valence-electron chi connectivity index (χ4n) is 5.08. The van der Waals surface area contributed by atoms with Crippen molar-refractivity contribution >= 4 is 27.5 Å². The summed E-state index contributed by atoms with van der Waals surface area (Å²) in [6.45, 7) is 10.9. The Morgan fingerprint density at radius 1 is 0.833 bits per heavy atom. The number of carbonyl (C=O) groups excluding carboxylic acids is 2. The van der Waals surface area contributed by atoms with Gasteiger partial charge in [-0.3, -0.25) is 13.9 Å². The molecule has 42 heavy (non-hydrogen) atoms. The van der Waals surface area contributed by atoms with Crippen LogP contribution in [-0.2, 0) is 32.6 Å². The summed E-state index contributed by atoms with van der Waals surface area (Å²) in [7, 11) is -3.56. The summed E-state index contributed by atoms with van der Waals surface area (Å²) in [6, 6.07) is 22.6. The molecule has 1 N–H and O–H groups in total. The average Bonchev–Trinajstić information content (AvgIpc) is 2.91. The zero-order valence-corrected chi connectivity index (χ0v) is 26.6.